The number of thiazole rings is 1. The van der Waals surface area contributed by atoms with Gasteiger partial charge in [-0.1, -0.05) is 41.7 Å². The molecule has 0 bridgehead atoms. The SMILES string of the molecule is Clc1scc[n+]1Cc1ccccc1. The molecule has 0 aliphatic carbocycles. The highest BCUT2D eigenvalue weighted by Crippen LogP contribution is 2.09. The predicted octanol–water partition coefficient (Wildman–Crippen LogP) is 2.74. The molecule has 0 N–H and O–H groups in total. The second-order valence-corrected chi connectivity index (χ2v) is 4.25. The van der Waals surface area contributed by atoms with Crippen molar-refractivity contribution in [3.8, 4) is 0 Å². The minimum atomic E-state index is 0.823. The smallest absolute Gasteiger partial charge is 0.174 e. The second kappa shape index (κ2) is 3.90. The van der Waals surface area contributed by atoms with Crippen LogP contribution in [0.25, 0.3) is 0 Å². The number of hydrogen-bond donors (Lipinski definition) is 0. The summed E-state index contributed by atoms with van der Waals surface area (Å²) >= 11 is 7.52. The number of nitrogens with zero attached hydrogens (tertiary/aromatic N) is 1. The van der Waals surface area contributed by atoms with Gasteiger partial charge in [-0.05, 0) is 0 Å². The summed E-state index contributed by atoms with van der Waals surface area (Å²) in [6.45, 7) is 0.850. The zero-order valence-electron chi connectivity index (χ0n) is 6.98. The molecule has 1 nitrogen and oxygen atoms in total. The first kappa shape index (κ1) is 8.73. The van der Waals surface area contributed by atoms with Crippen LogP contribution in [0.2, 0.25) is 4.47 Å². The Morgan fingerprint density at radius 3 is 2.62 bits per heavy atom. The molecule has 0 amide bonds. The maximum Gasteiger partial charge on any atom is 0.333 e. The maximum atomic E-state index is 5.97. The highest BCUT2D eigenvalue weighted by atomic mass is 35.5. The monoisotopic (exact) mass is 210 g/mol. The predicted molar refractivity (Wildman–Crippen MR) is 55.1 cm³/mol. The fourth-order valence-electron chi connectivity index (χ4n) is 1.18. The van der Waals surface area contributed by atoms with Crippen LogP contribution < -0.4 is 4.57 Å². The van der Waals surface area contributed by atoms with Crippen LogP contribution in [0.1, 0.15) is 5.56 Å². The lowest BCUT2D eigenvalue weighted by atomic mass is 10.2. The molecule has 2 rings (SSSR count). The first-order chi connectivity index (χ1) is 6.36. The molecule has 0 fully saturated rings. The summed E-state index contributed by atoms with van der Waals surface area (Å²) in [7, 11) is 0. The Morgan fingerprint density at radius 1 is 1.23 bits per heavy atom. The quantitative estimate of drug-likeness (QED) is 0.672. The van der Waals surface area contributed by atoms with Gasteiger partial charge in [-0.25, -0.2) is 0 Å². The standard InChI is InChI=1S/C10H9ClNS/c11-10-12(6-7-13-10)8-9-4-2-1-3-5-9/h1-7H,8H2/q+1. The van der Waals surface area contributed by atoms with Gasteiger partial charge in [0.25, 0.3) is 0 Å². The van der Waals surface area contributed by atoms with Crippen LogP contribution in [0, 0.1) is 0 Å². The zero-order chi connectivity index (χ0) is 9.10. The Balaban J connectivity index is 2.20. The first-order valence-corrected chi connectivity index (χ1v) is 5.28. The molecule has 0 unspecified atom stereocenters. The number of aromatic nitrogens is 1. The molecule has 66 valence electrons. The van der Waals surface area contributed by atoms with E-state index in [0.29, 0.717) is 0 Å². The third kappa shape index (κ3) is 2.08. The summed E-state index contributed by atoms with van der Waals surface area (Å²) in [5.74, 6) is 0. The van der Waals surface area contributed by atoms with Crippen LogP contribution in [-0.4, -0.2) is 0 Å². The van der Waals surface area contributed by atoms with E-state index in [1.165, 1.54) is 5.56 Å². The van der Waals surface area contributed by atoms with Crippen molar-refractivity contribution in [2.24, 2.45) is 0 Å². The van der Waals surface area contributed by atoms with Crippen molar-refractivity contribution >= 4 is 22.9 Å². The number of benzene rings is 1. The summed E-state index contributed by atoms with van der Waals surface area (Å²) in [4.78, 5) is 0. The Kier molecular flexibility index (Phi) is 2.62. The van der Waals surface area contributed by atoms with E-state index in [1.807, 2.05) is 34.3 Å². The van der Waals surface area contributed by atoms with E-state index < -0.39 is 0 Å². The molecule has 2 aromatic rings. The van der Waals surface area contributed by atoms with E-state index in [0.717, 1.165) is 11.0 Å². The van der Waals surface area contributed by atoms with E-state index in [9.17, 15) is 0 Å². The van der Waals surface area contributed by atoms with Crippen LogP contribution in [-0.2, 0) is 6.54 Å². The Bertz CT molecular complexity index is 383. The molecule has 13 heavy (non-hydrogen) atoms. The molecular formula is C10H9ClNS+. The zero-order valence-corrected chi connectivity index (χ0v) is 8.55. The number of hydrogen-bond acceptors (Lipinski definition) is 1. The van der Waals surface area contributed by atoms with Gasteiger partial charge in [-0.15, -0.1) is 0 Å². The van der Waals surface area contributed by atoms with Gasteiger partial charge in [0.1, 0.15) is 0 Å². The highest BCUT2D eigenvalue weighted by Gasteiger charge is 2.09. The number of halogens is 1. The first-order valence-electron chi connectivity index (χ1n) is 4.02. The topological polar surface area (TPSA) is 3.88 Å². The molecule has 1 heterocycles. The van der Waals surface area contributed by atoms with Crippen LogP contribution in [0.4, 0.5) is 0 Å². The van der Waals surface area contributed by atoms with Gasteiger partial charge in [0.2, 0.25) is 0 Å². The van der Waals surface area contributed by atoms with Crippen molar-refractivity contribution < 1.29 is 4.57 Å². The van der Waals surface area contributed by atoms with Gasteiger partial charge in [0.15, 0.2) is 12.7 Å². The van der Waals surface area contributed by atoms with Gasteiger partial charge >= 0.3 is 4.47 Å². The lowest BCUT2D eigenvalue weighted by Gasteiger charge is -1.93. The van der Waals surface area contributed by atoms with Crippen molar-refractivity contribution in [1.29, 1.82) is 0 Å². The van der Waals surface area contributed by atoms with Crippen molar-refractivity contribution in [2.45, 2.75) is 6.54 Å². The Morgan fingerprint density at radius 2 is 2.00 bits per heavy atom. The Labute approximate surface area is 86.2 Å². The average Bonchev–Trinajstić information content (AvgIpc) is 2.54. The summed E-state index contributed by atoms with van der Waals surface area (Å²) in [5.41, 5.74) is 1.27. The van der Waals surface area contributed by atoms with Crippen LogP contribution >= 0.6 is 22.9 Å². The minimum absolute atomic E-state index is 0.823. The lowest BCUT2D eigenvalue weighted by molar-refractivity contribution is -0.681. The van der Waals surface area contributed by atoms with Crippen molar-refractivity contribution in [2.75, 3.05) is 0 Å². The summed E-state index contributed by atoms with van der Waals surface area (Å²) < 4.78 is 2.85. The average molecular weight is 211 g/mol. The minimum Gasteiger partial charge on any atom is -0.174 e. The molecule has 0 radical (unpaired) electrons. The molecule has 0 atom stereocenters. The second-order valence-electron chi connectivity index (χ2n) is 2.77. The van der Waals surface area contributed by atoms with Crippen LogP contribution in [0.5, 0.6) is 0 Å². The third-order valence-electron chi connectivity index (χ3n) is 1.83. The number of rotatable bonds is 2. The Hall–Kier alpha value is -0.860. The van der Waals surface area contributed by atoms with E-state index in [1.54, 1.807) is 11.3 Å². The van der Waals surface area contributed by atoms with Crippen molar-refractivity contribution in [1.82, 2.24) is 0 Å². The maximum absolute atomic E-state index is 5.97. The third-order valence-corrected chi connectivity index (χ3v) is 3.00. The molecule has 0 saturated carbocycles. The van der Waals surface area contributed by atoms with E-state index in [-0.39, 0.29) is 0 Å². The lowest BCUT2D eigenvalue weighted by Crippen LogP contribution is -2.32. The van der Waals surface area contributed by atoms with Gasteiger partial charge in [-0.2, -0.15) is 4.57 Å². The fourth-order valence-corrected chi connectivity index (χ4v) is 2.03. The van der Waals surface area contributed by atoms with Gasteiger partial charge in [0.05, 0.1) is 5.38 Å². The summed E-state index contributed by atoms with van der Waals surface area (Å²) in [5, 5.41) is 1.99. The van der Waals surface area contributed by atoms with Gasteiger partial charge in [-0.3, -0.25) is 0 Å². The van der Waals surface area contributed by atoms with E-state index in [2.05, 4.69) is 12.1 Å². The molecule has 0 aliphatic heterocycles. The molecule has 0 aliphatic rings. The van der Waals surface area contributed by atoms with Crippen LogP contribution in [0.15, 0.2) is 41.9 Å². The fraction of sp³-hybridized carbons (Fsp3) is 0.100. The summed E-state index contributed by atoms with van der Waals surface area (Å²) in [6.07, 6.45) is 2.00. The van der Waals surface area contributed by atoms with E-state index in [4.69, 9.17) is 11.6 Å². The largest absolute Gasteiger partial charge is 0.333 e. The summed E-state index contributed by atoms with van der Waals surface area (Å²) in [6, 6.07) is 10.3. The van der Waals surface area contributed by atoms with Crippen LogP contribution in [0.3, 0.4) is 0 Å². The molecule has 3 heteroatoms. The molecule has 1 aromatic carbocycles. The molecule has 0 saturated heterocycles. The van der Waals surface area contributed by atoms with Gasteiger partial charge in [0, 0.05) is 17.2 Å². The van der Waals surface area contributed by atoms with Gasteiger partial charge < -0.3 is 0 Å². The van der Waals surface area contributed by atoms with Crippen molar-refractivity contribution in [3.63, 3.8) is 0 Å². The molecule has 0 spiro atoms. The van der Waals surface area contributed by atoms with E-state index >= 15 is 0 Å². The molecular weight excluding hydrogens is 202 g/mol. The molecule has 1 aromatic heterocycles. The normalized spacial score (nSPS) is 10.2. The highest BCUT2D eigenvalue weighted by molar-refractivity contribution is 7.13. The van der Waals surface area contributed by atoms with Crippen molar-refractivity contribution in [3.05, 3.63) is 51.9 Å².